The van der Waals surface area contributed by atoms with E-state index in [1.807, 2.05) is 13.0 Å². The molecule has 0 heterocycles. The van der Waals surface area contributed by atoms with Crippen LogP contribution in [-0.4, -0.2) is 6.04 Å². The van der Waals surface area contributed by atoms with Gasteiger partial charge in [0, 0.05) is 16.8 Å². The summed E-state index contributed by atoms with van der Waals surface area (Å²) in [5.74, 6) is 0.833. The molecule has 1 aliphatic carbocycles. The lowest BCUT2D eigenvalue weighted by Crippen LogP contribution is -2.23. The lowest BCUT2D eigenvalue weighted by molar-refractivity contribution is 0.489. The maximum atomic E-state index is 6.13. The number of hydrogen-bond donors (Lipinski definition) is 1. The molecule has 0 aromatic heterocycles. The second-order valence-corrected chi connectivity index (χ2v) is 5.22. The molecule has 1 aromatic rings. The topological polar surface area (TPSA) is 12.0 Å². The largest absolute Gasteiger partial charge is 0.382 e. The Hall–Kier alpha value is -0.690. The molecule has 1 saturated carbocycles. The zero-order valence-electron chi connectivity index (χ0n) is 10.1. The monoisotopic (exact) mass is 237 g/mol. The molecular weight excluding hydrogens is 218 g/mol. The van der Waals surface area contributed by atoms with E-state index in [0.717, 1.165) is 16.5 Å². The number of aryl methyl sites for hydroxylation is 1. The Bertz CT molecular complexity index is 362. The average molecular weight is 238 g/mol. The second kappa shape index (κ2) is 5.09. The highest BCUT2D eigenvalue weighted by Gasteiger charge is 2.25. The Morgan fingerprint density at radius 2 is 2.19 bits per heavy atom. The molecule has 0 amide bonds. The molecule has 2 atom stereocenters. The fourth-order valence-corrected chi connectivity index (χ4v) is 2.79. The van der Waals surface area contributed by atoms with Gasteiger partial charge < -0.3 is 5.32 Å². The summed E-state index contributed by atoms with van der Waals surface area (Å²) in [6.45, 7) is 4.32. The highest BCUT2D eigenvalue weighted by molar-refractivity contribution is 6.31. The molecule has 1 N–H and O–H groups in total. The fraction of sp³-hybridized carbons (Fsp3) is 0.571. The van der Waals surface area contributed by atoms with Gasteiger partial charge in [-0.1, -0.05) is 37.4 Å². The molecule has 1 aliphatic rings. The van der Waals surface area contributed by atoms with Gasteiger partial charge in [0.15, 0.2) is 0 Å². The maximum Gasteiger partial charge on any atom is 0.0455 e. The minimum Gasteiger partial charge on any atom is -0.382 e. The zero-order chi connectivity index (χ0) is 11.5. The molecule has 0 spiro atoms. The van der Waals surface area contributed by atoms with Crippen LogP contribution in [0.25, 0.3) is 0 Å². The summed E-state index contributed by atoms with van der Waals surface area (Å²) in [5.41, 5.74) is 2.31. The van der Waals surface area contributed by atoms with Crippen molar-refractivity contribution in [1.82, 2.24) is 0 Å². The van der Waals surface area contributed by atoms with Crippen molar-refractivity contribution in [3.8, 4) is 0 Å². The van der Waals surface area contributed by atoms with Crippen LogP contribution in [0.4, 0.5) is 5.69 Å². The third-order valence-electron chi connectivity index (χ3n) is 3.71. The third-order valence-corrected chi connectivity index (χ3v) is 4.11. The molecule has 2 heteroatoms. The van der Waals surface area contributed by atoms with E-state index in [-0.39, 0.29) is 0 Å². The van der Waals surface area contributed by atoms with Crippen molar-refractivity contribution in [2.45, 2.75) is 45.6 Å². The van der Waals surface area contributed by atoms with E-state index in [0.29, 0.717) is 6.04 Å². The Kier molecular flexibility index (Phi) is 3.75. The second-order valence-electron chi connectivity index (χ2n) is 4.81. The molecule has 0 bridgehead atoms. The molecule has 1 fully saturated rings. The molecular formula is C14H20ClN. The molecule has 2 rings (SSSR count). The Labute approximate surface area is 103 Å². The fourth-order valence-electron chi connectivity index (χ4n) is 2.61. The highest BCUT2D eigenvalue weighted by Crippen LogP contribution is 2.31. The molecule has 88 valence electrons. The summed E-state index contributed by atoms with van der Waals surface area (Å²) >= 11 is 6.13. The van der Waals surface area contributed by atoms with Gasteiger partial charge in [0.25, 0.3) is 0 Å². The van der Waals surface area contributed by atoms with Crippen molar-refractivity contribution >= 4 is 17.3 Å². The van der Waals surface area contributed by atoms with Gasteiger partial charge in [0.1, 0.15) is 0 Å². The van der Waals surface area contributed by atoms with E-state index in [9.17, 15) is 0 Å². The standard InChI is InChI=1S/C14H20ClN/c1-3-11-5-4-6-14(11)16-12-8-7-10(2)13(15)9-12/h7-9,11,14,16H,3-6H2,1-2H3. The first-order chi connectivity index (χ1) is 7.70. The SMILES string of the molecule is CCC1CCCC1Nc1ccc(C)c(Cl)c1. The number of nitrogens with one attached hydrogen (secondary N) is 1. The van der Waals surface area contributed by atoms with Gasteiger partial charge in [-0.25, -0.2) is 0 Å². The van der Waals surface area contributed by atoms with Crippen molar-refractivity contribution < 1.29 is 0 Å². The summed E-state index contributed by atoms with van der Waals surface area (Å²) < 4.78 is 0. The molecule has 1 nitrogen and oxygen atoms in total. The minimum absolute atomic E-state index is 0.642. The molecule has 0 radical (unpaired) electrons. The van der Waals surface area contributed by atoms with Crippen LogP contribution in [0.1, 0.15) is 38.2 Å². The predicted octanol–water partition coefficient (Wildman–Crippen LogP) is 4.64. The van der Waals surface area contributed by atoms with Gasteiger partial charge in [-0.05, 0) is 43.4 Å². The number of anilines is 1. The van der Waals surface area contributed by atoms with Gasteiger partial charge in [-0.3, -0.25) is 0 Å². The van der Waals surface area contributed by atoms with Crippen molar-refractivity contribution in [3.05, 3.63) is 28.8 Å². The van der Waals surface area contributed by atoms with Crippen molar-refractivity contribution in [3.63, 3.8) is 0 Å². The van der Waals surface area contributed by atoms with E-state index in [1.54, 1.807) is 0 Å². The minimum atomic E-state index is 0.642. The summed E-state index contributed by atoms with van der Waals surface area (Å²) in [7, 11) is 0. The molecule has 16 heavy (non-hydrogen) atoms. The van der Waals surface area contributed by atoms with E-state index in [1.165, 1.54) is 31.4 Å². The van der Waals surface area contributed by atoms with Crippen LogP contribution in [0, 0.1) is 12.8 Å². The van der Waals surface area contributed by atoms with Crippen LogP contribution in [0.15, 0.2) is 18.2 Å². The molecule has 0 saturated heterocycles. The zero-order valence-corrected chi connectivity index (χ0v) is 10.8. The first kappa shape index (κ1) is 11.8. The van der Waals surface area contributed by atoms with Gasteiger partial charge in [0.05, 0.1) is 0 Å². The van der Waals surface area contributed by atoms with E-state index >= 15 is 0 Å². The van der Waals surface area contributed by atoms with Crippen LogP contribution < -0.4 is 5.32 Å². The van der Waals surface area contributed by atoms with E-state index < -0.39 is 0 Å². The van der Waals surface area contributed by atoms with Crippen LogP contribution in [0.5, 0.6) is 0 Å². The summed E-state index contributed by atoms with van der Waals surface area (Å²) in [6.07, 6.45) is 5.30. The number of hydrogen-bond acceptors (Lipinski definition) is 1. The highest BCUT2D eigenvalue weighted by atomic mass is 35.5. The summed E-state index contributed by atoms with van der Waals surface area (Å²) in [6, 6.07) is 6.90. The lowest BCUT2D eigenvalue weighted by atomic mass is 10.0. The quantitative estimate of drug-likeness (QED) is 0.808. The van der Waals surface area contributed by atoms with E-state index in [2.05, 4.69) is 24.4 Å². The number of benzene rings is 1. The van der Waals surface area contributed by atoms with E-state index in [4.69, 9.17) is 11.6 Å². The predicted molar refractivity (Wildman–Crippen MR) is 71.2 cm³/mol. The number of rotatable bonds is 3. The van der Waals surface area contributed by atoms with Gasteiger partial charge >= 0.3 is 0 Å². The number of halogens is 1. The van der Waals surface area contributed by atoms with Crippen LogP contribution in [0.2, 0.25) is 5.02 Å². The summed E-state index contributed by atoms with van der Waals surface area (Å²) in [5, 5.41) is 4.48. The Balaban J connectivity index is 2.05. The average Bonchev–Trinajstić information content (AvgIpc) is 2.71. The van der Waals surface area contributed by atoms with Gasteiger partial charge in [0.2, 0.25) is 0 Å². The van der Waals surface area contributed by atoms with Crippen LogP contribution in [-0.2, 0) is 0 Å². The Morgan fingerprint density at radius 3 is 2.88 bits per heavy atom. The van der Waals surface area contributed by atoms with Crippen molar-refractivity contribution in [2.75, 3.05) is 5.32 Å². The molecule has 0 aliphatic heterocycles. The van der Waals surface area contributed by atoms with Crippen LogP contribution in [0.3, 0.4) is 0 Å². The first-order valence-electron chi connectivity index (χ1n) is 6.23. The first-order valence-corrected chi connectivity index (χ1v) is 6.61. The lowest BCUT2D eigenvalue weighted by Gasteiger charge is -2.21. The normalized spacial score (nSPS) is 24.7. The van der Waals surface area contributed by atoms with Gasteiger partial charge in [-0.2, -0.15) is 0 Å². The third kappa shape index (κ3) is 2.52. The van der Waals surface area contributed by atoms with Crippen molar-refractivity contribution in [1.29, 1.82) is 0 Å². The smallest absolute Gasteiger partial charge is 0.0455 e. The molecule has 2 unspecified atom stereocenters. The van der Waals surface area contributed by atoms with Crippen LogP contribution >= 0.6 is 11.6 Å². The maximum absolute atomic E-state index is 6.13. The Morgan fingerprint density at radius 1 is 1.38 bits per heavy atom. The van der Waals surface area contributed by atoms with Gasteiger partial charge in [-0.15, -0.1) is 0 Å². The summed E-state index contributed by atoms with van der Waals surface area (Å²) in [4.78, 5) is 0. The molecule has 1 aromatic carbocycles. The van der Waals surface area contributed by atoms with Crippen molar-refractivity contribution in [2.24, 2.45) is 5.92 Å².